The minimum Gasteiger partial charge on any atom is -0.296 e. The van der Waals surface area contributed by atoms with Gasteiger partial charge in [-0.3, -0.25) is 10.1 Å². The maximum absolute atomic E-state index is 12.0. The molecule has 0 fully saturated rings. The van der Waals surface area contributed by atoms with Crippen LogP contribution >= 0.6 is 23.1 Å². The van der Waals surface area contributed by atoms with Crippen LogP contribution in [0.25, 0.3) is 0 Å². The van der Waals surface area contributed by atoms with E-state index in [-0.39, 0.29) is 5.91 Å². The molecule has 100 valence electrons. The second kappa shape index (κ2) is 6.68. The standard InChI is InChI=1S/C13H15N3OS2/c1-3-11-15-16-13(19-11)14-12(17)10-6-4-9(5-7-10)8-18-2/h4-7H,3,8H2,1-2H3,(H,14,16,17). The van der Waals surface area contributed by atoms with Gasteiger partial charge in [-0.25, -0.2) is 0 Å². The lowest BCUT2D eigenvalue weighted by Gasteiger charge is -2.02. The van der Waals surface area contributed by atoms with Gasteiger partial charge < -0.3 is 0 Å². The minimum absolute atomic E-state index is 0.144. The smallest absolute Gasteiger partial charge is 0.257 e. The molecule has 4 nitrogen and oxygen atoms in total. The zero-order valence-electron chi connectivity index (χ0n) is 10.8. The SMILES string of the molecule is CCc1nnc(NC(=O)c2ccc(CSC)cc2)s1. The van der Waals surface area contributed by atoms with Crippen molar-refractivity contribution in [1.82, 2.24) is 10.2 Å². The van der Waals surface area contributed by atoms with Crippen molar-refractivity contribution in [2.75, 3.05) is 11.6 Å². The van der Waals surface area contributed by atoms with Crippen molar-refractivity contribution in [3.63, 3.8) is 0 Å². The third-order valence-corrected chi connectivity index (χ3v) is 4.12. The summed E-state index contributed by atoms with van der Waals surface area (Å²) in [6, 6.07) is 7.62. The van der Waals surface area contributed by atoms with E-state index in [0.717, 1.165) is 17.2 Å². The van der Waals surface area contributed by atoms with E-state index in [1.54, 1.807) is 11.8 Å². The highest BCUT2D eigenvalue weighted by Gasteiger charge is 2.09. The van der Waals surface area contributed by atoms with Gasteiger partial charge in [0.15, 0.2) is 0 Å². The number of nitrogens with zero attached hydrogens (tertiary/aromatic N) is 2. The van der Waals surface area contributed by atoms with E-state index in [4.69, 9.17) is 0 Å². The molecule has 0 unspecified atom stereocenters. The summed E-state index contributed by atoms with van der Waals surface area (Å²) in [4.78, 5) is 12.0. The molecular weight excluding hydrogens is 278 g/mol. The number of benzene rings is 1. The van der Waals surface area contributed by atoms with Crippen LogP contribution in [0.15, 0.2) is 24.3 Å². The van der Waals surface area contributed by atoms with E-state index in [1.165, 1.54) is 16.9 Å². The quantitative estimate of drug-likeness (QED) is 0.919. The number of rotatable bonds is 5. The van der Waals surface area contributed by atoms with Gasteiger partial charge in [0.2, 0.25) is 5.13 Å². The van der Waals surface area contributed by atoms with Crippen LogP contribution in [0.3, 0.4) is 0 Å². The number of amides is 1. The zero-order valence-corrected chi connectivity index (χ0v) is 12.5. The van der Waals surface area contributed by atoms with Crippen LogP contribution in [0.1, 0.15) is 27.9 Å². The van der Waals surface area contributed by atoms with Crippen molar-refractivity contribution in [2.24, 2.45) is 0 Å². The number of carbonyl (C=O) groups excluding carboxylic acids is 1. The van der Waals surface area contributed by atoms with E-state index < -0.39 is 0 Å². The van der Waals surface area contributed by atoms with Gasteiger partial charge >= 0.3 is 0 Å². The van der Waals surface area contributed by atoms with Gasteiger partial charge in [0.25, 0.3) is 5.91 Å². The first-order valence-electron chi connectivity index (χ1n) is 5.94. The Kier molecular flexibility index (Phi) is 4.93. The lowest BCUT2D eigenvalue weighted by Crippen LogP contribution is -2.11. The van der Waals surface area contributed by atoms with Crippen LogP contribution in [0.2, 0.25) is 0 Å². The van der Waals surface area contributed by atoms with E-state index in [2.05, 4.69) is 21.8 Å². The van der Waals surface area contributed by atoms with Gasteiger partial charge in [0.1, 0.15) is 5.01 Å². The highest BCUT2D eigenvalue weighted by molar-refractivity contribution is 7.97. The van der Waals surface area contributed by atoms with Gasteiger partial charge in [-0.05, 0) is 30.4 Å². The number of hydrogen-bond donors (Lipinski definition) is 1. The van der Waals surface area contributed by atoms with E-state index in [1.807, 2.05) is 31.2 Å². The molecule has 0 aliphatic rings. The van der Waals surface area contributed by atoms with Gasteiger partial charge in [-0.15, -0.1) is 10.2 Å². The summed E-state index contributed by atoms with van der Waals surface area (Å²) in [5.74, 6) is 0.813. The fraction of sp³-hybridized carbons (Fsp3) is 0.308. The summed E-state index contributed by atoms with van der Waals surface area (Å²) in [6.45, 7) is 2.01. The topological polar surface area (TPSA) is 54.9 Å². The van der Waals surface area contributed by atoms with E-state index >= 15 is 0 Å². The molecule has 1 aromatic carbocycles. The maximum Gasteiger partial charge on any atom is 0.257 e. The van der Waals surface area contributed by atoms with Crippen molar-refractivity contribution < 1.29 is 4.79 Å². The number of aryl methyl sites for hydroxylation is 1. The first kappa shape index (κ1) is 14.0. The summed E-state index contributed by atoms with van der Waals surface area (Å²) in [6.07, 6.45) is 2.89. The molecule has 1 aromatic heterocycles. The van der Waals surface area contributed by atoms with Crippen LogP contribution in [-0.4, -0.2) is 22.4 Å². The summed E-state index contributed by atoms with van der Waals surface area (Å²) in [7, 11) is 0. The number of thioether (sulfide) groups is 1. The normalized spacial score (nSPS) is 10.4. The lowest BCUT2D eigenvalue weighted by molar-refractivity contribution is 0.102. The Hall–Kier alpha value is -1.40. The molecular formula is C13H15N3OS2. The minimum atomic E-state index is -0.144. The van der Waals surface area contributed by atoms with E-state index in [0.29, 0.717) is 10.7 Å². The third-order valence-electron chi connectivity index (χ3n) is 2.52. The average Bonchev–Trinajstić information content (AvgIpc) is 2.87. The molecule has 1 amide bonds. The van der Waals surface area contributed by atoms with Crippen LogP contribution in [-0.2, 0) is 12.2 Å². The Balaban J connectivity index is 2.02. The molecule has 0 spiro atoms. The van der Waals surface area contributed by atoms with Crippen molar-refractivity contribution in [1.29, 1.82) is 0 Å². The summed E-state index contributed by atoms with van der Waals surface area (Å²) >= 11 is 3.17. The van der Waals surface area contributed by atoms with Crippen LogP contribution in [0.4, 0.5) is 5.13 Å². The fourth-order valence-electron chi connectivity index (χ4n) is 1.54. The van der Waals surface area contributed by atoms with Gasteiger partial charge in [-0.1, -0.05) is 30.4 Å². The average molecular weight is 293 g/mol. The van der Waals surface area contributed by atoms with Gasteiger partial charge in [-0.2, -0.15) is 11.8 Å². The lowest BCUT2D eigenvalue weighted by atomic mass is 10.1. The third kappa shape index (κ3) is 3.78. The van der Waals surface area contributed by atoms with Crippen molar-refractivity contribution in [3.8, 4) is 0 Å². The van der Waals surface area contributed by atoms with Crippen molar-refractivity contribution >= 4 is 34.1 Å². The summed E-state index contributed by atoms with van der Waals surface area (Å²) in [5, 5.41) is 12.1. The molecule has 0 atom stereocenters. The highest BCUT2D eigenvalue weighted by Crippen LogP contribution is 2.17. The molecule has 0 radical (unpaired) electrons. The van der Waals surface area contributed by atoms with Crippen LogP contribution < -0.4 is 5.32 Å². The largest absolute Gasteiger partial charge is 0.296 e. The zero-order chi connectivity index (χ0) is 13.7. The number of nitrogens with one attached hydrogen (secondary N) is 1. The molecule has 1 heterocycles. The summed E-state index contributed by atoms with van der Waals surface area (Å²) < 4.78 is 0. The van der Waals surface area contributed by atoms with E-state index in [9.17, 15) is 4.79 Å². The Morgan fingerprint density at radius 2 is 2.05 bits per heavy atom. The number of anilines is 1. The monoisotopic (exact) mass is 293 g/mol. The molecule has 0 aliphatic carbocycles. The molecule has 1 N–H and O–H groups in total. The molecule has 0 bridgehead atoms. The molecule has 0 saturated carbocycles. The molecule has 2 aromatic rings. The van der Waals surface area contributed by atoms with Gasteiger partial charge in [0, 0.05) is 11.3 Å². The Labute approximate surface area is 120 Å². The van der Waals surface area contributed by atoms with Crippen LogP contribution in [0.5, 0.6) is 0 Å². The highest BCUT2D eigenvalue weighted by atomic mass is 32.2. The Bertz CT molecular complexity index is 551. The van der Waals surface area contributed by atoms with Gasteiger partial charge in [0.05, 0.1) is 0 Å². The number of aromatic nitrogens is 2. The predicted molar refractivity (Wildman–Crippen MR) is 80.9 cm³/mol. The second-order valence-corrected chi connectivity index (χ2v) is 5.87. The first-order valence-corrected chi connectivity index (χ1v) is 8.15. The van der Waals surface area contributed by atoms with Crippen molar-refractivity contribution in [2.45, 2.75) is 19.1 Å². The van der Waals surface area contributed by atoms with Crippen molar-refractivity contribution in [3.05, 3.63) is 40.4 Å². The predicted octanol–water partition coefficient (Wildman–Crippen LogP) is 3.22. The molecule has 19 heavy (non-hydrogen) atoms. The first-order chi connectivity index (χ1) is 9.22. The maximum atomic E-state index is 12.0. The molecule has 0 saturated heterocycles. The summed E-state index contributed by atoms with van der Waals surface area (Å²) in [5.41, 5.74) is 1.85. The Morgan fingerprint density at radius 1 is 1.32 bits per heavy atom. The van der Waals surface area contributed by atoms with Crippen LogP contribution in [0, 0.1) is 0 Å². The number of hydrogen-bond acceptors (Lipinski definition) is 5. The fourth-order valence-corrected chi connectivity index (χ4v) is 2.74. The molecule has 0 aliphatic heterocycles. The number of carbonyl (C=O) groups is 1. The second-order valence-electron chi connectivity index (χ2n) is 3.94. The Morgan fingerprint density at radius 3 is 2.63 bits per heavy atom. The molecule has 2 rings (SSSR count). The molecule has 6 heteroatoms.